The Balaban J connectivity index is 1.65. The Morgan fingerprint density at radius 2 is 1.77 bits per heavy atom. The first-order chi connectivity index (χ1) is 20.4. The van der Waals surface area contributed by atoms with E-state index in [2.05, 4.69) is 6.92 Å². The Bertz CT molecular complexity index is 1510. The number of phenols is 1. The number of phenolic OH excluding ortho intramolecular Hbond substituents is 1. The van der Waals surface area contributed by atoms with Crippen molar-refractivity contribution in [3.63, 3.8) is 0 Å². The number of hydrogen-bond acceptors (Lipinski definition) is 9. The quantitative estimate of drug-likeness (QED) is 0.288. The minimum absolute atomic E-state index is 0.0351. The zero-order chi connectivity index (χ0) is 32.7. The molecule has 0 heterocycles. The Labute approximate surface area is 252 Å². The molecule has 4 aliphatic carbocycles. The molecule has 0 spiro atoms. The van der Waals surface area contributed by atoms with Crippen LogP contribution in [0.1, 0.15) is 61.3 Å². The second-order valence-electron chi connectivity index (χ2n) is 13.1. The number of alkyl halides is 3. The van der Waals surface area contributed by atoms with Gasteiger partial charge in [-0.1, -0.05) is 13.3 Å². The molecule has 0 saturated heterocycles. The van der Waals surface area contributed by atoms with Crippen molar-refractivity contribution in [2.45, 2.75) is 69.8 Å². The highest BCUT2D eigenvalue weighted by Gasteiger charge is 2.64. The highest BCUT2D eigenvalue weighted by atomic mass is 19.4. The van der Waals surface area contributed by atoms with Gasteiger partial charge in [-0.05, 0) is 81.8 Å². The van der Waals surface area contributed by atoms with Gasteiger partial charge in [0.15, 0.2) is 11.4 Å². The number of likely N-dealkylation sites (N-methyl/N-ethyl adjacent to an activating group) is 1. The molecule has 6 N–H and O–H groups in total. The number of aromatic hydroxyl groups is 1. The summed E-state index contributed by atoms with van der Waals surface area (Å²) in [5.41, 5.74) is -1.14. The number of Topliss-reactive ketones (excluding diaryl/α,β-unsaturated/α-hetero) is 2. The summed E-state index contributed by atoms with van der Waals surface area (Å²) in [7, 11) is 4.62. The fourth-order valence-electron chi connectivity index (χ4n) is 8.08. The average molecular weight is 622 g/mol. The van der Waals surface area contributed by atoms with Crippen molar-refractivity contribution in [3.05, 3.63) is 45.2 Å². The van der Waals surface area contributed by atoms with E-state index in [0.29, 0.717) is 6.54 Å². The number of benzene rings is 1. The third kappa shape index (κ3) is 4.62. The molecular weight excluding hydrogens is 583 g/mol. The van der Waals surface area contributed by atoms with E-state index in [9.17, 15) is 48.0 Å². The summed E-state index contributed by atoms with van der Waals surface area (Å²) in [6, 6.07) is -0.385. The second kappa shape index (κ2) is 10.6. The Kier molecular flexibility index (Phi) is 7.70. The van der Waals surface area contributed by atoms with E-state index in [1.54, 1.807) is 11.9 Å². The molecule has 2 saturated carbocycles. The maximum Gasteiger partial charge on any atom is 0.417 e. The lowest BCUT2D eigenvalue weighted by molar-refractivity contribution is -0.153. The molecule has 1 amide bonds. The summed E-state index contributed by atoms with van der Waals surface area (Å²) in [4.78, 5) is 42.4. The average Bonchev–Trinajstić information content (AvgIpc) is 2.87. The lowest BCUT2D eigenvalue weighted by atomic mass is 9.57. The number of nitrogens with two attached hydrogens (primary N) is 1. The molecule has 1 aromatic rings. The number of amides is 1. The highest BCUT2D eigenvalue weighted by Crippen LogP contribution is 2.54. The SMILES string of the molecule is CCC1(CN(C)Cc2cc(O)c3c(c2C(F)(F)F)C[C@H]2C[C@H]4[C@H](N(C)C)C(=O)C(C(N)=O)=C(O)[C@@]4(O)C(=O)C2=C3O)CCC1. The van der Waals surface area contributed by atoms with Gasteiger partial charge in [0.1, 0.15) is 22.8 Å². The largest absolute Gasteiger partial charge is 0.508 e. The van der Waals surface area contributed by atoms with E-state index in [0.717, 1.165) is 31.7 Å². The molecule has 240 valence electrons. The lowest BCUT2D eigenvalue weighted by Crippen LogP contribution is -2.65. The minimum atomic E-state index is -4.88. The fraction of sp³-hybridized carbons (Fsp3) is 0.581. The van der Waals surface area contributed by atoms with Gasteiger partial charge in [-0.25, -0.2) is 0 Å². The molecule has 0 aliphatic heterocycles. The molecule has 5 rings (SSSR count). The van der Waals surface area contributed by atoms with Gasteiger partial charge in [0, 0.05) is 24.6 Å². The molecule has 0 bridgehead atoms. The van der Waals surface area contributed by atoms with E-state index in [-0.39, 0.29) is 29.5 Å². The van der Waals surface area contributed by atoms with Crippen LogP contribution in [0.25, 0.3) is 5.76 Å². The number of aliphatic hydroxyl groups is 3. The topological polar surface area (TPSA) is 165 Å². The van der Waals surface area contributed by atoms with Gasteiger partial charge in [0.05, 0.1) is 17.2 Å². The van der Waals surface area contributed by atoms with E-state index < -0.39 is 93.1 Å². The highest BCUT2D eigenvalue weighted by molar-refractivity contribution is 6.24. The Hall–Kier alpha value is -3.42. The third-order valence-electron chi connectivity index (χ3n) is 10.3. The first kappa shape index (κ1) is 32.0. The maximum absolute atomic E-state index is 14.8. The molecule has 4 atom stereocenters. The molecular formula is C31H38F3N3O7. The van der Waals surface area contributed by atoms with Crippen LogP contribution in [0.4, 0.5) is 13.2 Å². The number of aliphatic hydroxyl groups excluding tert-OH is 2. The first-order valence-corrected chi connectivity index (χ1v) is 14.7. The van der Waals surface area contributed by atoms with E-state index in [1.165, 1.54) is 19.0 Å². The fourth-order valence-corrected chi connectivity index (χ4v) is 8.08. The molecule has 4 aliphatic rings. The normalized spacial score (nSPS) is 28.2. The van der Waals surface area contributed by atoms with Crippen LogP contribution in [0.5, 0.6) is 5.75 Å². The van der Waals surface area contributed by atoms with Crippen molar-refractivity contribution in [3.8, 4) is 5.75 Å². The first-order valence-electron chi connectivity index (χ1n) is 14.7. The molecule has 10 nitrogen and oxygen atoms in total. The number of hydrogen-bond donors (Lipinski definition) is 5. The predicted molar refractivity (Wildman–Crippen MR) is 152 cm³/mol. The van der Waals surface area contributed by atoms with Crippen LogP contribution in [-0.2, 0) is 33.5 Å². The van der Waals surface area contributed by atoms with Gasteiger partial charge in [0.25, 0.3) is 5.91 Å². The van der Waals surface area contributed by atoms with Gasteiger partial charge in [-0.2, -0.15) is 13.2 Å². The molecule has 0 unspecified atom stereocenters. The smallest absolute Gasteiger partial charge is 0.417 e. The van der Waals surface area contributed by atoms with Crippen molar-refractivity contribution >= 4 is 23.2 Å². The monoisotopic (exact) mass is 621 g/mol. The summed E-state index contributed by atoms with van der Waals surface area (Å²) in [5, 5.41) is 44.9. The summed E-state index contributed by atoms with van der Waals surface area (Å²) >= 11 is 0. The molecule has 0 aromatic heterocycles. The van der Waals surface area contributed by atoms with E-state index >= 15 is 0 Å². The minimum Gasteiger partial charge on any atom is -0.508 e. The molecule has 13 heteroatoms. The van der Waals surface area contributed by atoms with Crippen LogP contribution in [0.2, 0.25) is 0 Å². The predicted octanol–water partition coefficient (Wildman–Crippen LogP) is 2.99. The van der Waals surface area contributed by atoms with Crippen LogP contribution in [0.15, 0.2) is 23.0 Å². The Morgan fingerprint density at radius 1 is 1.14 bits per heavy atom. The zero-order valence-corrected chi connectivity index (χ0v) is 25.1. The van der Waals surface area contributed by atoms with Crippen molar-refractivity contribution in [2.75, 3.05) is 27.7 Å². The molecule has 1 aromatic carbocycles. The lowest BCUT2D eigenvalue weighted by Gasteiger charge is -2.50. The van der Waals surface area contributed by atoms with Gasteiger partial charge in [-0.15, -0.1) is 0 Å². The van der Waals surface area contributed by atoms with Crippen LogP contribution in [-0.4, -0.2) is 87.0 Å². The number of primary amides is 1. The maximum atomic E-state index is 14.8. The van der Waals surface area contributed by atoms with Crippen LogP contribution >= 0.6 is 0 Å². The van der Waals surface area contributed by atoms with E-state index in [1.807, 2.05) is 0 Å². The molecule has 0 radical (unpaired) electrons. The van der Waals surface area contributed by atoms with Crippen LogP contribution in [0, 0.1) is 17.3 Å². The molecule has 2 fully saturated rings. The third-order valence-corrected chi connectivity index (χ3v) is 10.3. The van der Waals surface area contributed by atoms with Crippen LogP contribution in [0.3, 0.4) is 0 Å². The molecule has 44 heavy (non-hydrogen) atoms. The van der Waals surface area contributed by atoms with Crippen LogP contribution < -0.4 is 5.73 Å². The zero-order valence-electron chi connectivity index (χ0n) is 25.1. The number of rotatable bonds is 7. The number of carbonyl (C=O) groups is 3. The summed E-state index contributed by atoms with van der Waals surface area (Å²) in [5.74, 6) is -8.97. The number of nitrogens with zero attached hydrogens (tertiary/aromatic N) is 2. The number of ketones is 2. The standard InChI is InChI=1S/C31H38F3N3O7/c1-5-29(7-6-8-29)13-37(4)12-15-11-18(38)20-16(22(15)31(32,33)34)9-14-10-17-23(36(2)3)25(40)21(28(35)43)27(42)30(17,44)26(41)19(14)24(20)39/h11,14,17,23,38-39,42,44H,5-10,12-13H2,1-4H3,(H2,35,43)/t14-,17-,23-,30-/m0/s1. The second-order valence-corrected chi connectivity index (χ2v) is 13.1. The van der Waals surface area contributed by atoms with Gasteiger partial charge >= 0.3 is 6.18 Å². The van der Waals surface area contributed by atoms with Gasteiger partial charge in [-0.3, -0.25) is 19.3 Å². The summed E-state index contributed by atoms with van der Waals surface area (Å²) in [6.07, 6.45) is -1.68. The summed E-state index contributed by atoms with van der Waals surface area (Å²) in [6.45, 7) is 2.52. The van der Waals surface area contributed by atoms with E-state index in [4.69, 9.17) is 5.73 Å². The van der Waals surface area contributed by atoms with Crippen molar-refractivity contribution in [1.82, 2.24) is 9.80 Å². The Morgan fingerprint density at radius 3 is 2.27 bits per heavy atom. The van der Waals surface area contributed by atoms with Crippen molar-refractivity contribution in [2.24, 2.45) is 23.0 Å². The van der Waals surface area contributed by atoms with Crippen molar-refractivity contribution in [1.29, 1.82) is 0 Å². The summed E-state index contributed by atoms with van der Waals surface area (Å²) < 4.78 is 44.4. The number of carbonyl (C=O) groups excluding carboxylic acids is 3. The van der Waals surface area contributed by atoms with Crippen molar-refractivity contribution < 1.29 is 48.0 Å². The number of fused-ring (bicyclic) bond motifs is 3. The van der Waals surface area contributed by atoms with Gasteiger partial charge < -0.3 is 31.1 Å². The van der Waals surface area contributed by atoms with Gasteiger partial charge in [0.2, 0.25) is 5.78 Å². The number of halogens is 3.